The number of hydrogen-bond donors (Lipinski definition) is 2. The van der Waals surface area contributed by atoms with E-state index in [0.29, 0.717) is 24.1 Å². The maximum absolute atomic E-state index is 11.2. The smallest absolute Gasteiger partial charge is 0.247 e. The summed E-state index contributed by atoms with van der Waals surface area (Å²) in [6.07, 6.45) is 1.69. The maximum atomic E-state index is 11.2. The lowest BCUT2D eigenvalue weighted by Crippen LogP contribution is -2.26. The third-order valence-electron chi connectivity index (χ3n) is 4.56. The summed E-state index contributed by atoms with van der Waals surface area (Å²) < 4.78 is 6.02. The van der Waals surface area contributed by atoms with E-state index in [4.69, 9.17) is 14.6 Å². The van der Waals surface area contributed by atoms with Gasteiger partial charge in [-0.05, 0) is 35.6 Å². The number of rotatable bonds is 6. The standard InChI is InChI=1S/C19H25N5O3/c1-11(2)13-5-7-16-15(9-13)20-19(27-16)18(12(3)4)24-10-14(21-23-24)6-8-17(25)22-26/h5-7,9,11-12,18,26H,8,10H2,1-4H3,(H,22,25)/b14-6-. The number of aromatic nitrogens is 1. The Morgan fingerprint density at radius 2 is 2.15 bits per heavy atom. The number of carbonyl (C=O) groups excluding carboxylic acids is 1. The van der Waals surface area contributed by atoms with Crippen molar-refractivity contribution in [2.24, 2.45) is 16.3 Å². The summed E-state index contributed by atoms with van der Waals surface area (Å²) in [7, 11) is 0. The van der Waals surface area contributed by atoms with Gasteiger partial charge in [-0.1, -0.05) is 39.0 Å². The molecule has 0 radical (unpaired) electrons. The SMILES string of the molecule is CC(C)c1ccc2oc(C(C(C)C)N3C/C(=C/CC(=O)NO)N=N3)nc2c1. The first-order chi connectivity index (χ1) is 12.9. The minimum absolute atomic E-state index is 0.0475. The zero-order chi connectivity index (χ0) is 19.6. The Balaban J connectivity index is 1.83. The van der Waals surface area contributed by atoms with Crippen LogP contribution in [0.5, 0.6) is 0 Å². The second kappa shape index (κ2) is 7.87. The van der Waals surface area contributed by atoms with Crippen LogP contribution in [-0.2, 0) is 4.79 Å². The van der Waals surface area contributed by atoms with Gasteiger partial charge in [-0.2, -0.15) is 0 Å². The van der Waals surface area contributed by atoms with Crippen molar-refractivity contribution in [3.05, 3.63) is 41.4 Å². The Morgan fingerprint density at radius 1 is 1.37 bits per heavy atom. The lowest BCUT2D eigenvalue weighted by Gasteiger charge is -2.25. The topological polar surface area (TPSA) is 103 Å². The third kappa shape index (κ3) is 4.16. The minimum atomic E-state index is -0.489. The lowest BCUT2D eigenvalue weighted by atomic mass is 10.0. The molecule has 1 aliphatic heterocycles. The van der Waals surface area contributed by atoms with Gasteiger partial charge in [0.1, 0.15) is 11.6 Å². The molecule has 1 unspecified atom stereocenters. The van der Waals surface area contributed by atoms with Crippen LogP contribution in [0.3, 0.4) is 0 Å². The monoisotopic (exact) mass is 371 g/mol. The third-order valence-corrected chi connectivity index (χ3v) is 4.56. The number of carbonyl (C=O) groups is 1. The first-order valence-corrected chi connectivity index (χ1v) is 9.09. The van der Waals surface area contributed by atoms with Crippen LogP contribution >= 0.6 is 0 Å². The average Bonchev–Trinajstić information content (AvgIpc) is 3.25. The van der Waals surface area contributed by atoms with Crippen LogP contribution in [0.1, 0.15) is 57.5 Å². The molecule has 1 aromatic heterocycles. The van der Waals surface area contributed by atoms with Gasteiger partial charge in [0.2, 0.25) is 11.8 Å². The molecule has 3 rings (SSSR count). The highest BCUT2D eigenvalue weighted by Crippen LogP contribution is 2.34. The van der Waals surface area contributed by atoms with Gasteiger partial charge in [-0.3, -0.25) is 15.0 Å². The van der Waals surface area contributed by atoms with Crippen molar-refractivity contribution in [3.8, 4) is 0 Å². The fourth-order valence-electron chi connectivity index (χ4n) is 3.06. The van der Waals surface area contributed by atoms with E-state index < -0.39 is 5.91 Å². The summed E-state index contributed by atoms with van der Waals surface area (Å²) in [5, 5.41) is 18.8. The van der Waals surface area contributed by atoms with Crippen LogP contribution in [0.2, 0.25) is 0 Å². The molecule has 0 saturated heterocycles. The Labute approximate surface area is 157 Å². The molecule has 0 bridgehead atoms. The molecule has 0 spiro atoms. The highest BCUT2D eigenvalue weighted by Gasteiger charge is 2.31. The van der Waals surface area contributed by atoms with E-state index in [2.05, 4.69) is 50.2 Å². The van der Waals surface area contributed by atoms with E-state index in [1.54, 1.807) is 11.6 Å². The molecule has 1 aromatic carbocycles. The fourth-order valence-corrected chi connectivity index (χ4v) is 3.06. The van der Waals surface area contributed by atoms with E-state index in [-0.39, 0.29) is 18.4 Å². The van der Waals surface area contributed by atoms with Gasteiger partial charge in [0.15, 0.2) is 5.58 Å². The molecule has 0 fully saturated rings. The molecular formula is C19H25N5O3. The Hall–Kier alpha value is -2.74. The van der Waals surface area contributed by atoms with Crippen LogP contribution in [0.15, 0.2) is 44.7 Å². The molecule has 0 aliphatic carbocycles. The minimum Gasteiger partial charge on any atom is -0.438 e. The van der Waals surface area contributed by atoms with Crippen molar-refractivity contribution in [1.29, 1.82) is 0 Å². The van der Waals surface area contributed by atoms with Gasteiger partial charge in [0.05, 0.1) is 12.2 Å². The lowest BCUT2D eigenvalue weighted by molar-refractivity contribution is -0.128. The molecule has 2 N–H and O–H groups in total. The van der Waals surface area contributed by atoms with Gasteiger partial charge < -0.3 is 4.42 Å². The van der Waals surface area contributed by atoms with Crippen LogP contribution in [-0.4, -0.2) is 27.7 Å². The molecule has 8 nitrogen and oxygen atoms in total. The summed E-state index contributed by atoms with van der Waals surface area (Å²) in [6, 6.07) is 5.92. The summed E-state index contributed by atoms with van der Waals surface area (Å²) in [5.74, 6) is 0.735. The highest BCUT2D eigenvalue weighted by molar-refractivity contribution is 5.76. The predicted molar refractivity (Wildman–Crippen MR) is 99.9 cm³/mol. The predicted octanol–water partition coefficient (Wildman–Crippen LogP) is 4.11. The number of hydrogen-bond acceptors (Lipinski definition) is 7. The van der Waals surface area contributed by atoms with Gasteiger partial charge >= 0.3 is 0 Å². The van der Waals surface area contributed by atoms with Crippen molar-refractivity contribution in [1.82, 2.24) is 15.5 Å². The summed E-state index contributed by atoms with van der Waals surface area (Å²) in [5.41, 5.74) is 5.09. The molecule has 1 amide bonds. The Morgan fingerprint density at radius 3 is 2.81 bits per heavy atom. The normalized spacial score (nSPS) is 16.9. The molecule has 1 atom stereocenters. The van der Waals surface area contributed by atoms with Crippen LogP contribution in [0.4, 0.5) is 0 Å². The van der Waals surface area contributed by atoms with Crippen LogP contribution in [0.25, 0.3) is 11.1 Å². The maximum Gasteiger partial charge on any atom is 0.247 e. The van der Waals surface area contributed by atoms with E-state index >= 15 is 0 Å². The highest BCUT2D eigenvalue weighted by atomic mass is 16.5. The van der Waals surface area contributed by atoms with Crippen molar-refractivity contribution in [2.75, 3.05) is 6.54 Å². The molecule has 2 heterocycles. The molecule has 0 saturated carbocycles. The number of amides is 1. The van der Waals surface area contributed by atoms with E-state index in [1.807, 2.05) is 11.1 Å². The summed E-state index contributed by atoms with van der Waals surface area (Å²) in [4.78, 5) is 15.9. The molecule has 1 aliphatic rings. The van der Waals surface area contributed by atoms with Gasteiger partial charge in [0, 0.05) is 6.42 Å². The van der Waals surface area contributed by atoms with E-state index in [1.165, 1.54) is 5.56 Å². The quantitative estimate of drug-likeness (QED) is 0.587. The largest absolute Gasteiger partial charge is 0.438 e. The first-order valence-electron chi connectivity index (χ1n) is 9.09. The summed E-state index contributed by atoms with van der Waals surface area (Å²) >= 11 is 0. The Kier molecular flexibility index (Phi) is 5.55. The average molecular weight is 371 g/mol. The molecule has 144 valence electrons. The van der Waals surface area contributed by atoms with E-state index in [0.717, 1.165) is 11.1 Å². The van der Waals surface area contributed by atoms with E-state index in [9.17, 15) is 4.79 Å². The number of oxazole rings is 1. The number of nitrogens with zero attached hydrogens (tertiary/aromatic N) is 4. The van der Waals surface area contributed by atoms with Gasteiger partial charge in [0.25, 0.3) is 0 Å². The zero-order valence-electron chi connectivity index (χ0n) is 16.0. The number of hydroxylamine groups is 1. The second-order valence-electron chi connectivity index (χ2n) is 7.34. The van der Waals surface area contributed by atoms with Crippen molar-refractivity contribution in [2.45, 2.75) is 46.1 Å². The second-order valence-corrected chi connectivity index (χ2v) is 7.34. The number of nitrogens with one attached hydrogen (secondary N) is 1. The fraction of sp³-hybridized carbons (Fsp3) is 0.474. The first kappa shape index (κ1) is 19.0. The van der Waals surface area contributed by atoms with Crippen molar-refractivity contribution in [3.63, 3.8) is 0 Å². The summed E-state index contributed by atoms with van der Waals surface area (Å²) in [6.45, 7) is 8.91. The molecule has 2 aromatic rings. The molecule has 27 heavy (non-hydrogen) atoms. The van der Waals surface area contributed by atoms with Crippen LogP contribution < -0.4 is 5.48 Å². The Bertz CT molecular complexity index is 885. The molecular weight excluding hydrogens is 346 g/mol. The van der Waals surface area contributed by atoms with Crippen LogP contribution in [0, 0.1) is 5.92 Å². The molecule has 8 heteroatoms. The number of fused-ring (bicyclic) bond motifs is 1. The van der Waals surface area contributed by atoms with Gasteiger partial charge in [-0.15, -0.1) is 5.11 Å². The number of benzene rings is 1. The van der Waals surface area contributed by atoms with Gasteiger partial charge in [-0.25, -0.2) is 10.5 Å². The zero-order valence-corrected chi connectivity index (χ0v) is 16.0. The van der Waals surface area contributed by atoms with Crippen molar-refractivity contribution >= 4 is 17.0 Å². The van der Waals surface area contributed by atoms with Crippen molar-refractivity contribution < 1.29 is 14.4 Å².